The second kappa shape index (κ2) is 5.53. The highest BCUT2D eigenvalue weighted by Gasteiger charge is 2.37. The number of nitrogens with zero attached hydrogens (tertiary/aromatic N) is 1. The third kappa shape index (κ3) is 3.67. The van der Waals surface area contributed by atoms with Gasteiger partial charge >= 0.3 is 6.03 Å². The Kier molecular flexibility index (Phi) is 4.59. The summed E-state index contributed by atoms with van der Waals surface area (Å²) in [7, 11) is 0. The van der Waals surface area contributed by atoms with E-state index in [0.717, 1.165) is 32.2 Å². The van der Waals surface area contributed by atoms with Crippen molar-refractivity contribution in [1.82, 2.24) is 15.8 Å². The standard InChI is InChI=1S/C12H25N3O/c1-5-6-8-12(4)13-11(16)15(14-12)9-7-10(2)3/h10,14H,5-9H2,1-4H3,(H,13,16). The molecule has 1 heterocycles. The number of rotatable bonds is 6. The normalized spacial score (nSPS) is 25.3. The van der Waals surface area contributed by atoms with Gasteiger partial charge in [-0.15, -0.1) is 0 Å². The summed E-state index contributed by atoms with van der Waals surface area (Å²) in [6.07, 6.45) is 4.29. The molecular weight excluding hydrogens is 202 g/mol. The van der Waals surface area contributed by atoms with Crippen molar-refractivity contribution in [3.8, 4) is 0 Å². The minimum atomic E-state index is -0.246. The van der Waals surface area contributed by atoms with Gasteiger partial charge in [-0.1, -0.05) is 27.2 Å². The first-order chi connectivity index (χ1) is 7.47. The van der Waals surface area contributed by atoms with E-state index in [2.05, 4.69) is 38.4 Å². The molecule has 0 radical (unpaired) electrons. The summed E-state index contributed by atoms with van der Waals surface area (Å²) in [4.78, 5) is 11.7. The zero-order chi connectivity index (χ0) is 12.2. The van der Waals surface area contributed by atoms with Crippen LogP contribution in [0.3, 0.4) is 0 Å². The number of hydrogen-bond donors (Lipinski definition) is 2. The van der Waals surface area contributed by atoms with E-state index in [4.69, 9.17) is 0 Å². The number of amides is 2. The minimum Gasteiger partial charge on any atom is -0.317 e. The van der Waals surface area contributed by atoms with Crippen LogP contribution in [-0.4, -0.2) is 23.2 Å². The van der Waals surface area contributed by atoms with E-state index in [1.54, 1.807) is 5.01 Å². The maximum Gasteiger partial charge on any atom is 0.333 e. The fraction of sp³-hybridized carbons (Fsp3) is 0.917. The summed E-state index contributed by atoms with van der Waals surface area (Å²) in [5.41, 5.74) is 3.03. The van der Waals surface area contributed by atoms with Crippen molar-refractivity contribution >= 4 is 6.03 Å². The SMILES string of the molecule is CCCCC1(C)NC(=O)N(CCC(C)C)N1. The fourth-order valence-corrected chi connectivity index (χ4v) is 1.87. The molecule has 2 amide bonds. The van der Waals surface area contributed by atoms with E-state index in [-0.39, 0.29) is 11.7 Å². The molecule has 1 unspecified atom stereocenters. The molecule has 0 bridgehead atoms. The average Bonchev–Trinajstić information content (AvgIpc) is 2.49. The number of nitrogens with one attached hydrogen (secondary N) is 2. The molecule has 16 heavy (non-hydrogen) atoms. The molecule has 1 fully saturated rings. The first kappa shape index (κ1) is 13.3. The highest BCUT2D eigenvalue weighted by Crippen LogP contribution is 2.17. The Morgan fingerprint density at radius 2 is 2.12 bits per heavy atom. The largest absolute Gasteiger partial charge is 0.333 e. The van der Waals surface area contributed by atoms with Crippen LogP contribution in [0.4, 0.5) is 4.79 Å². The lowest BCUT2D eigenvalue weighted by atomic mass is 10.1. The summed E-state index contributed by atoms with van der Waals surface area (Å²) in [6, 6.07) is 0.0132. The molecule has 94 valence electrons. The van der Waals surface area contributed by atoms with Crippen molar-refractivity contribution < 1.29 is 4.79 Å². The molecule has 0 aromatic heterocycles. The molecule has 1 saturated heterocycles. The highest BCUT2D eigenvalue weighted by molar-refractivity contribution is 5.76. The van der Waals surface area contributed by atoms with Gasteiger partial charge in [0, 0.05) is 6.54 Å². The molecule has 1 aliphatic heterocycles. The van der Waals surface area contributed by atoms with E-state index in [1.165, 1.54) is 0 Å². The summed E-state index contributed by atoms with van der Waals surface area (Å²) in [5.74, 6) is 0.622. The maximum absolute atomic E-state index is 11.7. The molecule has 0 aromatic rings. The fourth-order valence-electron chi connectivity index (χ4n) is 1.87. The van der Waals surface area contributed by atoms with E-state index in [0.29, 0.717) is 5.92 Å². The van der Waals surface area contributed by atoms with Crippen LogP contribution in [0.5, 0.6) is 0 Å². The molecule has 4 nitrogen and oxygen atoms in total. The van der Waals surface area contributed by atoms with Gasteiger partial charge in [0.2, 0.25) is 0 Å². The summed E-state index contributed by atoms with van der Waals surface area (Å²) in [5, 5.41) is 4.73. The number of carbonyl (C=O) groups is 1. The van der Waals surface area contributed by atoms with Crippen LogP contribution in [0, 0.1) is 5.92 Å². The van der Waals surface area contributed by atoms with E-state index in [1.807, 2.05) is 0 Å². The molecular formula is C12H25N3O. The van der Waals surface area contributed by atoms with E-state index in [9.17, 15) is 4.79 Å². The van der Waals surface area contributed by atoms with E-state index < -0.39 is 0 Å². The Hall–Kier alpha value is -0.770. The lowest BCUT2D eigenvalue weighted by Crippen LogP contribution is -2.48. The first-order valence-corrected chi connectivity index (χ1v) is 6.34. The third-order valence-electron chi connectivity index (χ3n) is 2.97. The Labute approximate surface area is 98.7 Å². The number of carbonyl (C=O) groups excluding carboxylic acids is 1. The predicted octanol–water partition coefficient (Wildman–Crippen LogP) is 2.47. The van der Waals surface area contributed by atoms with Gasteiger partial charge in [0.15, 0.2) is 0 Å². The number of hydrogen-bond acceptors (Lipinski definition) is 2. The second-order valence-electron chi connectivity index (χ2n) is 5.31. The van der Waals surface area contributed by atoms with Crippen LogP contribution >= 0.6 is 0 Å². The smallest absolute Gasteiger partial charge is 0.317 e. The van der Waals surface area contributed by atoms with Gasteiger partial charge in [0.1, 0.15) is 5.66 Å². The Morgan fingerprint density at radius 1 is 1.44 bits per heavy atom. The monoisotopic (exact) mass is 227 g/mol. The van der Waals surface area contributed by atoms with Crippen LogP contribution in [0.1, 0.15) is 53.4 Å². The van der Waals surface area contributed by atoms with Gasteiger partial charge in [0.25, 0.3) is 0 Å². The number of hydrazine groups is 1. The molecule has 2 N–H and O–H groups in total. The quantitative estimate of drug-likeness (QED) is 0.732. The second-order valence-corrected chi connectivity index (χ2v) is 5.31. The average molecular weight is 227 g/mol. The first-order valence-electron chi connectivity index (χ1n) is 6.34. The maximum atomic E-state index is 11.7. The Morgan fingerprint density at radius 3 is 2.69 bits per heavy atom. The molecule has 4 heteroatoms. The lowest BCUT2D eigenvalue weighted by Gasteiger charge is -2.25. The zero-order valence-electron chi connectivity index (χ0n) is 11.0. The van der Waals surface area contributed by atoms with E-state index >= 15 is 0 Å². The predicted molar refractivity (Wildman–Crippen MR) is 65.8 cm³/mol. The van der Waals surface area contributed by atoms with Crippen LogP contribution < -0.4 is 10.7 Å². The van der Waals surface area contributed by atoms with Crippen LogP contribution in [0.25, 0.3) is 0 Å². The van der Waals surface area contributed by atoms with Crippen molar-refractivity contribution in [2.45, 2.75) is 59.0 Å². The van der Waals surface area contributed by atoms with Gasteiger partial charge in [-0.3, -0.25) is 5.01 Å². The summed E-state index contributed by atoms with van der Waals surface area (Å²) >= 11 is 0. The molecule has 0 aromatic carbocycles. The van der Waals surface area contributed by atoms with Crippen LogP contribution in [-0.2, 0) is 0 Å². The molecule has 1 aliphatic rings. The van der Waals surface area contributed by atoms with Crippen molar-refractivity contribution in [3.05, 3.63) is 0 Å². The Bertz CT molecular complexity index is 242. The van der Waals surface area contributed by atoms with Gasteiger partial charge < -0.3 is 5.32 Å². The van der Waals surface area contributed by atoms with Gasteiger partial charge in [-0.2, -0.15) is 0 Å². The van der Waals surface area contributed by atoms with Crippen LogP contribution in [0.15, 0.2) is 0 Å². The number of unbranched alkanes of at least 4 members (excludes halogenated alkanes) is 1. The Balaban J connectivity index is 2.42. The molecule has 0 spiro atoms. The number of urea groups is 1. The third-order valence-corrected chi connectivity index (χ3v) is 2.97. The highest BCUT2D eigenvalue weighted by atomic mass is 16.2. The van der Waals surface area contributed by atoms with Crippen molar-refractivity contribution in [2.24, 2.45) is 5.92 Å². The zero-order valence-corrected chi connectivity index (χ0v) is 11.0. The van der Waals surface area contributed by atoms with Gasteiger partial charge in [-0.05, 0) is 32.1 Å². The van der Waals surface area contributed by atoms with Crippen molar-refractivity contribution in [2.75, 3.05) is 6.54 Å². The van der Waals surface area contributed by atoms with Crippen LogP contribution in [0.2, 0.25) is 0 Å². The minimum absolute atomic E-state index is 0.0132. The van der Waals surface area contributed by atoms with Crippen molar-refractivity contribution in [3.63, 3.8) is 0 Å². The summed E-state index contributed by atoms with van der Waals surface area (Å²) in [6.45, 7) is 9.34. The lowest BCUT2D eigenvalue weighted by molar-refractivity contribution is 0.178. The molecule has 0 saturated carbocycles. The molecule has 1 atom stereocenters. The molecule has 1 rings (SSSR count). The summed E-state index contributed by atoms with van der Waals surface area (Å²) < 4.78 is 0. The van der Waals surface area contributed by atoms with Gasteiger partial charge in [-0.25, -0.2) is 10.2 Å². The molecule has 0 aliphatic carbocycles. The van der Waals surface area contributed by atoms with Crippen molar-refractivity contribution in [1.29, 1.82) is 0 Å². The topological polar surface area (TPSA) is 44.4 Å². The van der Waals surface area contributed by atoms with Gasteiger partial charge in [0.05, 0.1) is 0 Å².